The summed E-state index contributed by atoms with van der Waals surface area (Å²) in [5.41, 5.74) is 1.18. The van der Waals surface area contributed by atoms with E-state index in [2.05, 4.69) is 10.3 Å². The number of halogens is 3. The maximum atomic E-state index is 13.8. The van der Waals surface area contributed by atoms with E-state index in [0.717, 1.165) is 6.20 Å². The van der Waals surface area contributed by atoms with Gasteiger partial charge in [-0.3, -0.25) is 4.98 Å². The highest BCUT2D eigenvalue weighted by Gasteiger charge is 2.15. The highest BCUT2D eigenvalue weighted by atomic mass is 35.5. The van der Waals surface area contributed by atoms with Gasteiger partial charge in [0.25, 0.3) is 0 Å². The maximum Gasteiger partial charge on any atom is 0.141 e. The predicted octanol–water partition coefficient (Wildman–Crippen LogP) is 3.91. The Bertz CT molecular complexity index is 590. The van der Waals surface area contributed by atoms with Crippen LogP contribution in [-0.4, -0.2) is 11.5 Å². The third-order valence-corrected chi connectivity index (χ3v) is 3.25. The number of nitrogens with one attached hydrogen (secondary N) is 1. The quantitative estimate of drug-likeness (QED) is 0.905. The van der Waals surface area contributed by atoms with Crippen molar-refractivity contribution in [1.29, 1.82) is 0 Å². The van der Waals surface area contributed by atoms with E-state index in [4.69, 9.17) is 11.6 Å². The minimum Gasteiger partial charge on any atom is -0.310 e. The van der Waals surface area contributed by atoms with Crippen LogP contribution in [0.4, 0.5) is 8.78 Å². The molecule has 1 aromatic carbocycles. The first-order valence-corrected chi connectivity index (χ1v) is 6.75. The van der Waals surface area contributed by atoms with Gasteiger partial charge in [-0.1, -0.05) is 18.5 Å². The average molecular weight is 297 g/mol. The topological polar surface area (TPSA) is 24.9 Å². The van der Waals surface area contributed by atoms with Gasteiger partial charge in [0.2, 0.25) is 0 Å². The van der Waals surface area contributed by atoms with E-state index in [9.17, 15) is 8.78 Å². The number of rotatable bonds is 5. The Kier molecular flexibility index (Phi) is 5.04. The predicted molar refractivity (Wildman–Crippen MR) is 75.7 cm³/mol. The van der Waals surface area contributed by atoms with Gasteiger partial charge in [0.15, 0.2) is 0 Å². The van der Waals surface area contributed by atoms with Crippen LogP contribution in [0.3, 0.4) is 0 Å². The Morgan fingerprint density at radius 3 is 2.75 bits per heavy atom. The van der Waals surface area contributed by atoms with Crippen LogP contribution in [-0.2, 0) is 6.42 Å². The van der Waals surface area contributed by atoms with Crippen LogP contribution in [0.1, 0.15) is 24.1 Å². The fraction of sp³-hybridized carbons (Fsp3) is 0.267. The van der Waals surface area contributed by atoms with Gasteiger partial charge in [-0.2, -0.15) is 0 Å². The molecule has 0 fully saturated rings. The Balaban J connectivity index is 2.27. The Morgan fingerprint density at radius 2 is 2.05 bits per heavy atom. The van der Waals surface area contributed by atoms with Gasteiger partial charge >= 0.3 is 0 Å². The molecule has 2 nitrogen and oxygen atoms in total. The van der Waals surface area contributed by atoms with E-state index < -0.39 is 5.82 Å². The van der Waals surface area contributed by atoms with Crippen molar-refractivity contribution in [2.45, 2.75) is 19.4 Å². The molecule has 0 amide bonds. The van der Waals surface area contributed by atoms with E-state index >= 15 is 0 Å². The number of hydrogen-bond acceptors (Lipinski definition) is 2. The number of likely N-dealkylation sites (N-methyl/N-ethyl adjacent to an activating group) is 1. The van der Waals surface area contributed by atoms with E-state index in [-0.39, 0.29) is 11.9 Å². The average Bonchev–Trinajstić information content (AvgIpc) is 2.42. The molecule has 1 heterocycles. The van der Waals surface area contributed by atoms with E-state index in [1.165, 1.54) is 18.2 Å². The first-order chi connectivity index (χ1) is 9.60. The van der Waals surface area contributed by atoms with Crippen molar-refractivity contribution in [1.82, 2.24) is 10.3 Å². The summed E-state index contributed by atoms with van der Waals surface area (Å²) in [6.45, 7) is 2.62. The van der Waals surface area contributed by atoms with Crippen LogP contribution >= 0.6 is 11.6 Å². The fourth-order valence-corrected chi connectivity index (χ4v) is 2.29. The van der Waals surface area contributed by atoms with Gasteiger partial charge in [0, 0.05) is 17.3 Å². The van der Waals surface area contributed by atoms with Crippen molar-refractivity contribution in [2.24, 2.45) is 0 Å². The molecule has 106 valence electrons. The van der Waals surface area contributed by atoms with Gasteiger partial charge < -0.3 is 5.32 Å². The van der Waals surface area contributed by atoms with Crippen LogP contribution in [0.5, 0.6) is 0 Å². The molecule has 0 bridgehead atoms. The lowest BCUT2D eigenvalue weighted by atomic mass is 9.99. The van der Waals surface area contributed by atoms with Gasteiger partial charge in [0.05, 0.1) is 6.20 Å². The molecular weight excluding hydrogens is 282 g/mol. The summed E-state index contributed by atoms with van der Waals surface area (Å²) in [7, 11) is 0. The summed E-state index contributed by atoms with van der Waals surface area (Å²) in [6, 6.07) is 5.63. The molecule has 1 N–H and O–H groups in total. The summed E-state index contributed by atoms with van der Waals surface area (Å²) in [5.74, 6) is -0.723. The van der Waals surface area contributed by atoms with E-state index in [0.29, 0.717) is 29.1 Å². The molecule has 0 aliphatic rings. The maximum absolute atomic E-state index is 13.8. The molecule has 1 unspecified atom stereocenters. The molecule has 2 aromatic rings. The molecule has 20 heavy (non-hydrogen) atoms. The minimum atomic E-state index is -0.406. The zero-order valence-electron chi connectivity index (χ0n) is 11.0. The van der Waals surface area contributed by atoms with Crippen LogP contribution in [0.2, 0.25) is 5.02 Å². The van der Waals surface area contributed by atoms with Gasteiger partial charge in [0.1, 0.15) is 11.6 Å². The van der Waals surface area contributed by atoms with Crippen molar-refractivity contribution in [3.05, 3.63) is 64.4 Å². The highest BCUT2D eigenvalue weighted by Crippen LogP contribution is 2.22. The van der Waals surface area contributed by atoms with Crippen LogP contribution in [0, 0.1) is 11.6 Å². The molecule has 0 radical (unpaired) electrons. The van der Waals surface area contributed by atoms with Gasteiger partial charge in [-0.15, -0.1) is 0 Å². The Morgan fingerprint density at radius 1 is 1.25 bits per heavy atom. The number of benzene rings is 1. The van der Waals surface area contributed by atoms with Gasteiger partial charge in [-0.05, 0) is 48.4 Å². The molecule has 0 saturated heterocycles. The van der Waals surface area contributed by atoms with Crippen LogP contribution < -0.4 is 5.32 Å². The summed E-state index contributed by atoms with van der Waals surface area (Å²) < 4.78 is 27.1. The van der Waals surface area contributed by atoms with Crippen molar-refractivity contribution in [3.63, 3.8) is 0 Å². The Hall–Kier alpha value is -1.52. The zero-order valence-corrected chi connectivity index (χ0v) is 11.8. The monoisotopic (exact) mass is 296 g/mol. The summed E-state index contributed by atoms with van der Waals surface area (Å²) in [4.78, 5) is 3.83. The Labute approximate surface area is 121 Å². The van der Waals surface area contributed by atoms with Crippen molar-refractivity contribution < 1.29 is 8.78 Å². The summed E-state index contributed by atoms with van der Waals surface area (Å²) in [6.07, 6.45) is 3.11. The highest BCUT2D eigenvalue weighted by molar-refractivity contribution is 6.30. The van der Waals surface area contributed by atoms with Crippen molar-refractivity contribution in [2.75, 3.05) is 6.54 Å². The second kappa shape index (κ2) is 6.77. The molecular formula is C15H15ClF2N2. The van der Waals surface area contributed by atoms with Gasteiger partial charge in [-0.25, -0.2) is 8.78 Å². The smallest absolute Gasteiger partial charge is 0.141 e. The molecule has 1 aromatic heterocycles. The van der Waals surface area contributed by atoms with Crippen molar-refractivity contribution >= 4 is 11.6 Å². The van der Waals surface area contributed by atoms with Crippen LogP contribution in [0.25, 0.3) is 0 Å². The summed E-state index contributed by atoms with van der Waals surface area (Å²) in [5, 5.41) is 3.69. The molecule has 0 aliphatic carbocycles. The number of aromatic nitrogens is 1. The molecule has 0 aliphatic heterocycles. The first-order valence-electron chi connectivity index (χ1n) is 6.38. The first kappa shape index (κ1) is 14.9. The lowest BCUT2D eigenvalue weighted by Crippen LogP contribution is -2.23. The van der Waals surface area contributed by atoms with Crippen molar-refractivity contribution in [3.8, 4) is 0 Å². The molecule has 0 saturated carbocycles. The lowest BCUT2D eigenvalue weighted by molar-refractivity contribution is 0.521. The van der Waals surface area contributed by atoms with E-state index in [1.807, 2.05) is 6.92 Å². The zero-order chi connectivity index (χ0) is 14.5. The molecule has 0 spiro atoms. The fourth-order valence-electron chi connectivity index (χ4n) is 2.09. The molecule has 1 atom stereocenters. The standard InChI is InChI=1S/C15H15ClF2N2/c1-2-20-15(11-6-13(17)9-19-8-11)7-10-5-12(16)3-4-14(10)18/h3-6,8-9,15,20H,2,7H2,1H3. The second-order valence-corrected chi connectivity index (χ2v) is 4.92. The minimum absolute atomic E-state index is 0.212. The molecule has 2 rings (SSSR count). The number of hydrogen-bond donors (Lipinski definition) is 1. The number of nitrogens with zero attached hydrogens (tertiary/aromatic N) is 1. The normalized spacial score (nSPS) is 12.4. The third kappa shape index (κ3) is 3.74. The summed E-state index contributed by atoms with van der Waals surface area (Å²) >= 11 is 5.89. The van der Waals surface area contributed by atoms with E-state index in [1.54, 1.807) is 12.3 Å². The number of pyridine rings is 1. The SMILES string of the molecule is CCNC(Cc1cc(Cl)ccc1F)c1cncc(F)c1. The largest absolute Gasteiger partial charge is 0.310 e. The van der Waals surface area contributed by atoms with Crippen LogP contribution in [0.15, 0.2) is 36.7 Å². The molecule has 5 heteroatoms. The third-order valence-electron chi connectivity index (χ3n) is 3.01. The lowest BCUT2D eigenvalue weighted by Gasteiger charge is -2.18. The second-order valence-electron chi connectivity index (χ2n) is 4.49.